The largest absolute Gasteiger partial charge is 0.481 e. The standard InChI is InChI=1S/C43H70N2O5S/c1-27(2)30-13-18-43(44-21-22-45-25-29-23-28(45)26-51(29,10)49)20-19-41(8)31(36(30)43)11-12-33-40(7)16-15-34(50-35(46)24-38(3,4)37(47)48)39(5,6)32(40)14-17-42(33,41)9/h28-34,36,44H,1,10-26H2,2-9H3,(H,47,48)/t28-,29-,30-,31+,32-,33+,34-,36+,40-,41+,42+,43-,51?/m0/s1. The molecule has 5 aliphatic carbocycles. The molecule has 2 heterocycles. The smallest absolute Gasteiger partial charge is 0.309 e. The Morgan fingerprint density at radius 3 is 2.31 bits per heavy atom. The van der Waals surface area contributed by atoms with Gasteiger partial charge in [0.05, 0.1) is 11.8 Å². The molecule has 0 aromatic carbocycles. The monoisotopic (exact) mass is 727 g/mol. The van der Waals surface area contributed by atoms with Crippen molar-refractivity contribution in [2.24, 2.45) is 56.7 Å². The lowest BCUT2D eigenvalue weighted by Crippen LogP contribution is -2.69. The lowest BCUT2D eigenvalue weighted by atomic mass is 9.32. The summed E-state index contributed by atoms with van der Waals surface area (Å²) in [5.74, 6) is 6.49. The number of allylic oxidation sites excluding steroid dienone is 1. The fraction of sp³-hybridized carbons (Fsp3) is 0.884. The second kappa shape index (κ2) is 12.3. The number of ether oxygens (including phenoxy) is 1. The van der Waals surface area contributed by atoms with Crippen LogP contribution < -0.4 is 5.32 Å². The molecule has 0 radical (unpaired) electrons. The highest BCUT2D eigenvalue weighted by molar-refractivity contribution is 8.01. The molecule has 2 N–H and O–H groups in total. The van der Waals surface area contributed by atoms with Crippen LogP contribution in [0.15, 0.2) is 12.2 Å². The summed E-state index contributed by atoms with van der Waals surface area (Å²) in [6, 6.07) is 0.458. The Balaban J connectivity index is 1.09. The van der Waals surface area contributed by atoms with Gasteiger partial charge < -0.3 is 15.2 Å². The number of carbonyl (C=O) groups is 2. The quantitative estimate of drug-likeness (QED) is 0.144. The second-order valence-electron chi connectivity index (χ2n) is 21.0. The van der Waals surface area contributed by atoms with Crippen molar-refractivity contribution in [1.29, 1.82) is 0 Å². The maximum Gasteiger partial charge on any atom is 0.309 e. The summed E-state index contributed by atoms with van der Waals surface area (Å²) in [5.41, 5.74) is 0.933. The van der Waals surface area contributed by atoms with Crippen LogP contribution in [0.3, 0.4) is 0 Å². The number of hydrogen-bond acceptors (Lipinski definition) is 6. The van der Waals surface area contributed by atoms with Gasteiger partial charge in [-0.05, 0) is 153 Å². The average Bonchev–Trinajstić information content (AvgIpc) is 3.69. The molecule has 7 nitrogen and oxygen atoms in total. The molecule has 8 heteroatoms. The van der Waals surface area contributed by atoms with Gasteiger partial charge in [-0.3, -0.25) is 18.7 Å². The van der Waals surface area contributed by atoms with Crippen molar-refractivity contribution in [2.75, 3.05) is 25.4 Å². The number of likely N-dealkylation sites (tertiary alicyclic amines) is 1. The number of esters is 1. The van der Waals surface area contributed by atoms with Crippen LogP contribution in [-0.2, 0) is 23.8 Å². The van der Waals surface area contributed by atoms with E-state index in [2.05, 4.69) is 64.2 Å². The molecule has 2 saturated heterocycles. The molecular formula is C43H70N2O5S. The zero-order valence-corrected chi connectivity index (χ0v) is 34.1. The molecule has 51 heavy (non-hydrogen) atoms. The second-order valence-corrected chi connectivity index (χ2v) is 23.8. The highest BCUT2D eigenvalue weighted by Gasteiger charge is 2.71. The molecule has 0 amide bonds. The number of carbonyl (C=O) groups excluding carboxylic acids is 1. The molecule has 2 aliphatic heterocycles. The Morgan fingerprint density at radius 2 is 1.69 bits per heavy atom. The van der Waals surface area contributed by atoms with Crippen LogP contribution in [0.2, 0.25) is 0 Å². The van der Waals surface area contributed by atoms with E-state index in [4.69, 9.17) is 4.74 Å². The zero-order chi connectivity index (χ0) is 37.2. The van der Waals surface area contributed by atoms with Crippen LogP contribution in [0.5, 0.6) is 0 Å². The van der Waals surface area contributed by atoms with E-state index in [1.54, 1.807) is 13.8 Å². The molecule has 0 spiro atoms. The van der Waals surface area contributed by atoms with Crippen molar-refractivity contribution in [3.05, 3.63) is 12.2 Å². The van der Waals surface area contributed by atoms with Crippen LogP contribution in [0.4, 0.5) is 0 Å². The summed E-state index contributed by atoms with van der Waals surface area (Å²) in [5, 5.41) is 14.2. The van der Waals surface area contributed by atoms with E-state index in [9.17, 15) is 18.9 Å². The number of nitrogens with zero attached hydrogens (tertiary/aromatic N) is 1. The number of fused-ring (bicyclic) bond motifs is 9. The van der Waals surface area contributed by atoms with Crippen molar-refractivity contribution in [1.82, 2.24) is 10.2 Å². The summed E-state index contributed by atoms with van der Waals surface area (Å²) >= 11 is 0. The van der Waals surface area contributed by atoms with Crippen molar-refractivity contribution in [2.45, 2.75) is 155 Å². The fourth-order valence-electron chi connectivity index (χ4n) is 14.9. The third kappa shape index (κ3) is 5.66. The Labute approximate surface area is 309 Å². The molecule has 0 aromatic heterocycles. The molecule has 1 unspecified atom stereocenters. The number of carboxylic acid groups (broad SMARTS) is 1. The van der Waals surface area contributed by atoms with Crippen molar-refractivity contribution < 1.29 is 23.6 Å². The Hall–Kier alpha value is -1.38. The molecule has 5 saturated carbocycles. The van der Waals surface area contributed by atoms with Gasteiger partial charge in [-0.15, -0.1) is 0 Å². The average molecular weight is 727 g/mol. The number of hydrogen-bond donors (Lipinski definition) is 2. The summed E-state index contributed by atoms with van der Waals surface area (Å²) < 4.78 is 19.0. The first-order valence-corrected chi connectivity index (χ1v) is 22.5. The van der Waals surface area contributed by atoms with Gasteiger partial charge in [-0.25, -0.2) is 0 Å². The molecular weight excluding hydrogens is 657 g/mol. The minimum absolute atomic E-state index is 0.0985. The summed E-state index contributed by atoms with van der Waals surface area (Å²) in [4.78, 5) is 27.4. The third-order valence-electron chi connectivity index (χ3n) is 17.9. The summed E-state index contributed by atoms with van der Waals surface area (Å²) in [6.45, 7) is 25.8. The van der Waals surface area contributed by atoms with Gasteiger partial charge in [0, 0.05) is 47.6 Å². The molecule has 7 rings (SSSR count). The number of carboxylic acids is 1. The number of rotatable bonds is 9. The van der Waals surface area contributed by atoms with Gasteiger partial charge in [0.2, 0.25) is 0 Å². The van der Waals surface area contributed by atoms with Gasteiger partial charge in [0.25, 0.3) is 0 Å². The molecule has 13 atom stereocenters. The maximum absolute atomic E-state index is 13.1. The van der Waals surface area contributed by atoms with E-state index in [1.807, 2.05) is 0 Å². The van der Waals surface area contributed by atoms with Crippen LogP contribution in [-0.4, -0.2) is 80.3 Å². The highest BCUT2D eigenvalue weighted by Crippen LogP contribution is 2.76. The zero-order valence-electron chi connectivity index (χ0n) is 33.3. The minimum Gasteiger partial charge on any atom is -0.481 e. The Kier molecular flexibility index (Phi) is 9.16. The lowest BCUT2D eigenvalue weighted by Gasteiger charge is -2.73. The molecule has 7 aliphatic rings. The van der Waals surface area contributed by atoms with Crippen LogP contribution in [0.25, 0.3) is 0 Å². The van der Waals surface area contributed by atoms with E-state index in [1.165, 1.54) is 50.5 Å². The maximum atomic E-state index is 13.1. The van der Waals surface area contributed by atoms with Gasteiger partial charge in [-0.1, -0.05) is 46.8 Å². The van der Waals surface area contributed by atoms with Gasteiger partial charge in [-0.2, -0.15) is 0 Å². The molecule has 2 bridgehead atoms. The first kappa shape index (κ1) is 37.9. The summed E-state index contributed by atoms with van der Waals surface area (Å²) in [7, 11) is -1.88. The number of aliphatic carboxylic acids is 1. The van der Waals surface area contributed by atoms with Crippen LogP contribution in [0.1, 0.15) is 132 Å². The van der Waals surface area contributed by atoms with E-state index >= 15 is 0 Å². The van der Waals surface area contributed by atoms with Crippen molar-refractivity contribution in [3.8, 4) is 0 Å². The van der Waals surface area contributed by atoms with Gasteiger partial charge >= 0.3 is 11.9 Å². The molecule has 7 fully saturated rings. The molecule has 288 valence electrons. The van der Waals surface area contributed by atoms with E-state index in [0.717, 1.165) is 51.1 Å². The van der Waals surface area contributed by atoms with Crippen molar-refractivity contribution >= 4 is 27.3 Å². The van der Waals surface area contributed by atoms with E-state index in [-0.39, 0.29) is 45.7 Å². The number of nitrogens with one attached hydrogen (secondary N) is 1. The van der Waals surface area contributed by atoms with Gasteiger partial charge in [0.15, 0.2) is 0 Å². The fourth-order valence-corrected chi connectivity index (χ4v) is 17.2. The first-order valence-electron chi connectivity index (χ1n) is 20.5. The Bertz CT molecular complexity index is 1550. The molecule has 0 aromatic rings. The van der Waals surface area contributed by atoms with Crippen molar-refractivity contribution in [3.63, 3.8) is 0 Å². The lowest BCUT2D eigenvalue weighted by molar-refractivity contribution is -0.246. The summed E-state index contributed by atoms with van der Waals surface area (Å²) in [6.07, 6.45) is 12.7. The SMILES string of the molecule is C=C(C)[C@@H]1CC[C@]2(NCCN3C[C@@H]4C[C@H]3CS4(=C)=O)CC[C@]3(C)[C@H](CC[C@@H]4[C@@]5(C)CC[C@H](OC(=O)CC(C)(C)C(=O)O)C(C)(C)[C@@H]5CC[C@]43C)[C@@H]12. The van der Waals surface area contributed by atoms with Gasteiger partial charge in [0.1, 0.15) is 6.10 Å². The topological polar surface area (TPSA) is 95.9 Å². The van der Waals surface area contributed by atoms with Crippen LogP contribution >= 0.6 is 0 Å². The first-order chi connectivity index (χ1) is 23.6. The third-order valence-corrected chi connectivity index (χ3v) is 20.4. The minimum atomic E-state index is -1.88. The normalized spacial score (nSPS) is 48.6. The van der Waals surface area contributed by atoms with E-state index in [0.29, 0.717) is 40.9 Å². The highest BCUT2D eigenvalue weighted by atomic mass is 32.2. The predicted molar refractivity (Wildman–Crippen MR) is 207 cm³/mol. The predicted octanol–water partition coefficient (Wildman–Crippen LogP) is 7.57. The van der Waals surface area contributed by atoms with Crippen LogP contribution in [0, 0.1) is 56.7 Å². The van der Waals surface area contributed by atoms with E-state index < -0.39 is 20.9 Å². The Morgan fingerprint density at radius 1 is 0.961 bits per heavy atom.